The van der Waals surface area contributed by atoms with E-state index in [4.69, 9.17) is 9.15 Å². The summed E-state index contributed by atoms with van der Waals surface area (Å²) in [5.41, 5.74) is 0.962. The summed E-state index contributed by atoms with van der Waals surface area (Å²) in [7, 11) is 1.62. The minimum atomic E-state index is -0.762. The molecule has 5 heteroatoms. The van der Waals surface area contributed by atoms with Crippen LogP contribution in [-0.2, 0) is 17.8 Å². The van der Waals surface area contributed by atoms with Gasteiger partial charge in [0.25, 0.3) is 0 Å². The van der Waals surface area contributed by atoms with Crippen molar-refractivity contribution >= 4 is 5.97 Å². The van der Waals surface area contributed by atoms with E-state index < -0.39 is 11.9 Å². The van der Waals surface area contributed by atoms with Gasteiger partial charge in [0.05, 0.1) is 19.6 Å². The Morgan fingerprint density at radius 2 is 2.00 bits per heavy atom. The molecule has 0 radical (unpaired) electrons. The second kappa shape index (κ2) is 7.09. The van der Waals surface area contributed by atoms with Crippen molar-refractivity contribution in [1.29, 1.82) is 0 Å². The molecule has 1 aliphatic rings. The number of para-hydroxylation sites is 1. The molecule has 2 heterocycles. The standard InChI is InChI=1S/C19H23NO4/c1-3-13-8-9-14(24-13)10-20-11-16(17(12-20)19(21)22)15-6-4-5-7-18(15)23-2/h4-9,16-17H,3,10-12H2,1-2H3,(H,21,22)/t16-,17+/m0/s1. The van der Waals surface area contributed by atoms with E-state index in [1.807, 2.05) is 36.4 Å². The first-order valence-corrected chi connectivity index (χ1v) is 8.28. The van der Waals surface area contributed by atoms with Crippen LogP contribution in [0.15, 0.2) is 40.8 Å². The Balaban J connectivity index is 1.80. The van der Waals surface area contributed by atoms with E-state index in [1.54, 1.807) is 7.11 Å². The number of ether oxygens (including phenoxy) is 1. The van der Waals surface area contributed by atoms with Crippen LogP contribution in [0.4, 0.5) is 0 Å². The lowest BCUT2D eigenvalue weighted by molar-refractivity contribution is -0.141. The molecule has 2 atom stereocenters. The summed E-state index contributed by atoms with van der Waals surface area (Å²) < 4.78 is 11.2. The van der Waals surface area contributed by atoms with Gasteiger partial charge in [0.15, 0.2) is 0 Å². The number of carboxylic acids is 1. The highest BCUT2D eigenvalue weighted by Gasteiger charge is 2.39. The molecule has 0 spiro atoms. The third-order valence-corrected chi connectivity index (χ3v) is 4.70. The Labute approximate surface area is 141 Å². The van der Waals surface area contributed by atoms with Crippen molar-refractivity contribution in [3.8, 4) is 5.75 Å². The molecule has 0 unspecified atom stereocenters. The van der Waals surface area contributed by atoms with Crippen LogP contribution >= 0.6 is 0 Å². The van der Waals surface area contributed by atoms with Gasteiger partial charge in [0.1, 0.15) is 17.3 Å². The van der Waals surface area contributed by atoms with Gasteiger partial charge in [-0.3, -0.25) is 9.69 Å². The SMILES string of the molecule is CCc1ccc(CN2C[C@@H](C(=O)O)[C@H](c3ccccc3OC)C2)o1. The number of methoxy groups -OCH3 is 1. The number of aryl methyl sites for hydroxylation is 1. The normalized spacial score (nSPS) is 21.1. The highest BCUT2D eigenvalue weighted by molar-refractivity contribution is 5.72. The minimum absolute atomic E-state index is 0.0840. The molecular weight excluding hydrogens is 306 g/mol. The molecule has 1 saturated heterocycles. The summed E-state index contributed by atoms with van der Waals surface area (Å²) in [6.45, 7) is 3.88. The van der Waals surface area contributed by atoms with Crippen LogP contribution in [0.25, 0.3) is 0 Å². The van der Waals surface area contributed by atoms with Crippen LogP contribution in [0.1, 0.15) is 29.9 Å². The second-order valence-electron chi connectivity index (χ2n) is 6.21. The van der Waals surface area contributed by atoms with Crippen molar-refractivity contribution in [1.82, 2.24) is 4.90 Å². The zero-order chi connectivity index (χ0) is 17.1. The fourth-order valence-electron chi connectivity index (χ4n) is 3.47. The van der Waals surface area contributed by atoms with E-state index in [0.29, 0.717) is 19.6 Å². The van der Waals surface area contributed by atoms with Crippen molar-refractivity contribution in [2.75, 3.05) is 20.2 Å². The third kappa shape index (κ3) is 3.31. The van der Waals surface area contributed by atoms with Crippen LogP contribution in [-0.4, -0.2) is 36.2 Å². The number of likely N-dealkylation sites (tertiary alicyclic amines) is 1. The Morgan fingerprint density at radius 3 is 2.67 bits per heavy atom. The second-order valence-corrected chi connectivity index (χ2v) is 6.21. The summed E-state index contributed by atoms with van der Waals surface area (Å²) in [4.78, 5) is 13.9. The maximum absolute atomic E-state index is 11.7. The molecule has 24 heavy (non-hydrogen) atoms. The molecule has 1 aromatic carbocycles. The Bertz CT molecular complexity index is 709. The first kappa shape index (κ1) is 16.6. The number of nitrogens with zero attached hydrogens (tertiary/aromatic N) is 1. The maximum atomic E-state index is 11.7. The molecule has 0 bridgehead atoms. The minimum Gasteiger partial charge on any atom is -0.496 e. The highest BCUT2D eigenvalue weighted by atomic mass is 16.5. The van der Waals surface area contributed by atoms with E-state index in [0.717, 1.165) is 29.3 Å². The van der Waals surface area contributed by atoms with Crippen LogP contribution in [0, 0.1) is 5.92 Å². The van der Waals surface area contributed by atoms with Gasteiger partial charge < -0.3 is 14.3 Å². The van der Waals surface area contributed by atoms with Crippen molar-refractivity contribution in [3.05, 3.63) is 53.5 Å². The molecule has 0 saturated carbocycles. The van der Waals surface area contributed by atoms with Gasteiger partial charge in [-0.15, -0.1) is 0 Å². The van der Waals surface area contributed by atoms with Gasteiger partial charge in [0, 0.05) is 25.4 Å². The quantitative estimate of drug-likeness (QED) is 0.882. The number of furan rings is 1. The zero-order valence-electron chi connectivity index (χ0n) is 14.1. The number of aliphatic carboxylic acids is 1. The molecular formula is C19H23NO4. The lowest BCUT2D eigenvalue weighted by atomic mass is 9.88. The molecule has 0 amide bonds. The van der Waals surface area contributed by atoms with Gasteiger partial charge in [-0.25, -0.2) is 0 Å². The molecule has 1 aliphatic heterocycles. The van der Waals surface area contributed by atoms with Crippen molar-refractivity contribution < 1.29 is 19.1 Å². The molecule has 128 valence electrons. The fraction of sp³-hybridized carbons (Fsp3) is 0.421. The summed E-state index contributed by atoms with van der Waals surface area (Å²) in [5.74, 6) is 1.31. The molecule has 1 fully saturated rings. The van der Waals surface area contributed by atoms with Gasteiger partial charge in [-0.2, -0.15) is 0 Å². The van der Waals surface area contributed by atoms with E-state index in [9.17, 15) is 9.90 Å². The van der Waals surface area contributed by atoms with Crippen molar-refractivity contribution in [2.45, 2.75) is 25.8 Å². The largest absolute Gasteiger partial charge is 0.496 e. The first-order chi connectivity index (χ1) is 11.6. The van der Waals surface area contributed by atoms with Crippen LogP contribution in [0.3, 0.4) is 0 Å². The van der Waals surface area contributed by atoms with Gasteiger partial charge in [-0.1, -0.05) is 25.1 Å². The fourth-order valence-corrected chi connectivity index (χ4v) is 3.47. The molecule has 1 N–H and O–H groups in total. The summed E-state index contributed by atoms with van der Waals surface area (Å²) in [6, 6.07) is 11.6. The number of carbonyl (C=O) groups is 1. The monoisotopic (exact) mass is 329 g/mol. The van der Waals surface area contributed by atoms with Crippen LogP contribution in [0.2, 0.25) is 0 Å². The van der Waals surface area contributed by atoms with E-state index in [-0.39, 0.29) is 5.92 Å². The molecule has 0 aliphatic carbocycles. The maximum Gasteiger partial charge on any atom is 0.308 e. The molecule has 3 rings (SSSR count). The van der Waals surface area contributed by atoms with Crippen LogP contribution < -0.4 is 4.74 Å². The predicted molar refractivity (Wildman–Crippen MR) is 90.2 cm³/mol. The van der Waals surface area contributed by atoms with E-state index in [1.165, 1.54) is 0 Å². The van der Waals surface area contributed by atoms with Gasteiger partial charge in [-0.05, 0) is 23.8 Å². The topological polar surface area (TPSA) is 62.9 Å². The third-order valence-electron chi connectivity index (χ3n) is 4.70. The number of rotatable bonds is 6. The summed E-state index contributed by atoms with van der Waals surface area (Å²) in [5, 5.41) is 9.64. The average Bonchev–Trinajstić information content (AvgIpc) is 3.22. The predicted octanol–water partition coefficient (Wildman–Crippen LogP) is 3.15. The Hall–Kier alpha value is -2.27. The van der Waals surface area contributed by atoms with Gasteiger partial charge >= 0.3 is 5.97 Å². The first-order valence-electron chi connectivity index (χ1n) is 8.28. The van der Waals surface area contributed by atoms with Crippen molar-refractivity contribution in [3.63, 3.8) is 0 Å². The van der Waals surface area contributed by atoms with E-state index >= 15 is 0 Å². The molecule has 1 aromatic heterocycles. The molecule has 5 nitrogen and oxygen atoms in total. The summed E-state index contributed by atoms with van der Waals surface area (Å²) in [6.07, 6.45) is 0.863. The highest BCUT2D eigenvalue weighted by Crippen LogP contribution is 2.38. The smallest absolute Gasteiger partial charge is 0.308 e. The average molecular weight is 329 g/mol. The van der Waals surface area contributed by atoms with Crippen LogP contribution in [0.5, 0.6) is 5.75 Å². The van der Waals surface area contributed by atoms with E-state index in [2.05, 4.69) is 11.8 Å². The molecule has 2 aromatic rings. The number of benzene rings is 1. The Morgan fingerprint density at radius 1 is 1.25 bits per heavy atom. The Kier molecular flexibility index (Phi) is 4.90. The number of carboxylic acid groups (broad SMARTS) is 1. The van der Waals surface area contributed by atoms with Crippen molar-refractivity contribution in [2.24, 2.45) is 5.92 Å². The van der Waals surface area contributed by atoms with Gasteiger partial charge in [0.2, 0.25) is 0 Å². The number of hydrogen-bond donors (Lipinski definition) is 1. The lowest BCUT2D eigenvalue weighted by Gasteiger charge is -2.18. The summed E-state index contributed by atoms with van der Waals surface area (Å²) >= 11 is 0. The lowest BCUT2D eigenvalue weighted by Crippen LogP contribution is -2.23. The zero-order valence-corrected chi connectivity index (χ0v) is 14.1. The number of hydrogen-bond acceptors (Lipinski definition) is 4.